The Bertz CT molecular complexity index is 1460. The molecule has 0 saturated heterocycles. The fourth-order valence-electron chi connectivity index (χ4n) is 4.95. The van der Waals surface area contributed by atoms with Crippen LogP contribution in [0.1, 0.15) is 45.1 Å². The number of hydrogen-bond acceptors (Lipinski definition) is 5. The van der Waals surface area contributed by atoms with Crippen molar-refractivity contribution in [3.8, 4) is 5.75 Å². The van der Waals surface area contributed by atoms with Gasteiger partial charge in [-0.3, -0.25) is 13.9 Å². The first-order valence-electron chi connectivity index (χ1n) is 13.9. The number of hydrogen-bond donors (Lipinski definition) is 1. The molecule has 11 heteroatoms. The van der Waals surface area contributed by atoms with Gasteiger partial charge in [-0.05, 0) is 75.2 Å². The standard InChI is InChI=1S/C31H35Cl2N3O5S/c1-3-41-25-16-18-26(19-17-25)42(39,40)36(24-12-5-4-6-13-24)21-30(37)35(20-27-28(32)14-9-15-29(27)33)22(2)31(38)34-23-10-7-8-11-23/h4-6,9,12-19,22-23H,3,7-8,10-11,20-21H2,1-2H3,(H,34,38). The van der Waals surface area contributed by atoms with Crippen LogP contribution in [0.2, 0.25) is 10.0 Å². The van der Waals surface area contributed by atoms with Crippen LogP contribution in [-0.4, -0.2) is 50.4 Å². The van der Waals surface area contributed by atoms with Crippen LogP contribution in [0, 0.1) is 0 Å². The maximum absolute atomic E-state index is 14.1. The quantitative estimate of drug-likeness (QED) is 0.262. The normalized spacial score (nSPS) is 14.3. The van der Waals surface area contributed by atoms with Crippen LogP contribution in [0.25, 0.3) is 0 Å². The third-order valence-electron chi connectivity index (χ3n) is 7.30. The van der Waals surface area contributed by atoms with Crippen LogP contribution >= 0.6 is 23.2 Å². The minimum atomic E-state index is -4.19. The molecule has 2 amide bonds. The number of halogens is 2. The van der Waals surface area contributed by atoms with Gasteiger partial charge in [-0.2, -0.15) is 0 Å². The molecule has 1 saturated carbocycles. The van der Waals surface area contributed by atoms with E-state index in [-0.39, 0.29) is 23.4 Å². The molecule has 1 N–H and O–H groups in total. The monoisotopic (exact) mass is 631 g/mol. The Balaban J connectivity index is 1.69. The van der Waals surface area contributed by atoms with E-state index in [1.807, 2.05) is 6.92 Å². The highest BCUT2D eigenvalue weighted by molar-refractivity contribution is 7.92. The van der Waals surface area contributed by atoms with Crippen molar-refractivity contribution in [2.75, 3.05) is 17.5 Å². The van der Waals surface area contributed by atoms with E-state index in [1.54, 1.807) is 67.6 Å². The number of nitrogens with one attached hydrogen (secondary N) is 1. The van der Waals surface area contributed by atoms with Crippen LogP contribution in [0.4, 0.5) is 5.69 Å². The summed E-state index contributed by atoms with van der Waals surface area (Å²) in [4.78, 5) is 28.8. The van der Waals surface area contributed by atoms with Crippen molar-refractivity contribution < 1.29 is 22.7 Å². The lowest BCUT2D eigenvalue weighted by Gasteiger charge is -2.33. The smallest absolute Gasteiger partial charge is 0.264 e. The van der Waals surface area contributed by atoms with Gasteiger partial charge in [0, 0.05) is 28.2 Å². The third kappa shape index (κ3) is 7.56. The zero-order chi connectivity index (χ0) is 30.3. The van der Waals surface area contributed by atoms with Gasteiger partial charge in [-0.1, -0.05) is 60.3 Å². The van der Waals surface area contributed by atoms with Gasteiger partial charge in [0.25, 0.3) is 10.0 Å². The fourth-order valence-corrected chi connectivity index (χ4v) is 6.88. The molecule has 1 unspecified atom stereocenters. The summed E-state index contributed by atoms with van der Waals surface area (Å²) in [6.45, 7) is 3.27. The van der Waals surface area contributed by atoms with Crippen molar-refractivity contribution >= 4 is 50.7 Å². The Hall–Kier alpha value is -3.27. The van der Waals surface area contributed by atoms with E-state index < -0.39 is 28.5 Å². The predicted molar refractivity (Wildman–Crippen MR) is 165 cm³/mol. The number of benzene rings is 3. The zero-order valence-electron chi connectivity index (χ0n) is 23.6. The molecule has 3 aromatic rings. The number of rotatable bonds is 12. The third-order valence-corrected chi connectivity index (χ3v) is 9.80. The molecule has 1 aliphatic rings. The Morgan fingerprint density at radius 2 is 1.57 bits per heavy atom. The summed E-state index contributed by atoms with van der Waals surface area (Å²) in [6.07, 6.45) is 3.83. The second kappa shape index (κ2) is 14.3. The topological polar surface area (TPSA) is 96.0 Å². The van der Waals surface area contributed by atoms with Crippen LogP contribution in [-0.2, 0) is 26.2 Å². The Kier molecular flexibility index (Phi) is 10.8. The molecule has 224 valence electrons. The Morgan fingerprint density at radius 3 is 2.17 bits per heavy atom. The first-order chi connectivity index (χ1) is 20.1. The number of sulfonamides is 1. The van der Waals surface area contributed by atoms with Crippen molar-refractivity contribution in [1.82, 2.24) is 10.2 Å². The molecular formula is C31H35Cl2N3O5S. The molecule has 8 nitrogen and oxygen atoms in total. The molecule has 4 rings (SSSR count). The van der Waals surface area contributed by atoms with Crippen molar-refractivity contribution in [3.05, 3.63) is 88.4 Å². The minimum absolute atomic E-state index is 0.00432. The van der Waals surface area contributed by atoms with Gasteiger partial charge in [-0.25, -0.2) is 8.42 Å². The summed E-state index contributed by atoms with van der Waals surface area (Å²) in [7, 11) is -4.19. The maximum atomic E-state index is 14.1. The van der Waals surface area contributed by atoms with Crippen molar-refractivity contribution in [2.45, 2.75) is 63.1 Å². The van der Waals surface area contributed by atoms with Gasteiger partial charge >= 0.3 is 0 Å². The van der Waals surface area contributed by atoms with Crippen molar-refractivity contribution in [3.63, 3.8) is 0 Å². The summed E-state index contributed by atoms with van der Waals surface area (Å²) in [5, 5.41) is 3.72. The maximum Gasteiger partial charge on any atom is 0.264 e. The molecular weight excluding hydrogens is 597 g/mol. The van der Waals surface area contributed by atoms with E-state index >= 15 is 0 Å². The summed E-state index contributed by atoms with van der Waals surface area (Å²) in [5.41, 5.74) is 0.772. The summed E-state index contributed by atoms with van der Waals surface area (Å²) < 4.78 is 34.4. The number of carbonyl (C=O) groups excluding carboxylic acids is 2. The molecule has 3 aromatic carbocycles. The number of para-hydroxylation sites is 1. The highest BCUT2D eigenvalue weighted by Crippen LogP contribution is 2.29. The number of amides is 2. The lowest BCUT2D eigenvalue weighted by molar-refractivity contribution is -0.139. The predicted octanol–water partition coefficient (Wildman–Crippen LogP) is 6.06. The van der Waals surface area contributed by atoms with E-state index in [2.05, 4.69) is 5.32 Å². The summed E-state index contributed by atoms with van der Waals surface area (Å²) in [6, 6.07) is 18.5. The lowest BCUT2D eigenvalue weighted by Crippen LogP contribution is -2.52. The number of ether oxygens (including phenoxy) is 1. The van der Waals surface area contributed by atoms with E-state index in [1.165, 1.54) is 17.0 Å². The van der Waals surface area contributed by atoms with Crippen molar-refractivity contribution in [2.24, 2.45) is 0 Å². The second-order valence-electron chi connectivity index (χ2n) is 10.1. The van der Waals surface area contributed by atoms with Crippen LogP contribution in [0.15, 0.2) is 77.7 Å². The van der Waals surface area contributed by atoms with Gasteiger partial charge in [0.1, 0.15) is 18.3 Å². The lowest BCUT2D eigenvalue weighted by atomic mass is 10.1. The Labute approximate surface area is 257 Å². The molecule has 1 atom stereocenters. The second-order valence-corrected chi connectivity index (χ2v) is 12.8. The first kappa shape index (κ1) is 31.7. The number of carbonyl (C=O) groups is 2. The molecule has 0 aromatic heterocycles. The van der Waals surface area contributed by atoms with Gasteiger partial charge in [-0.15, -0.1) is 0 Å². The fraction of sp³-hybridized carbons (Fsp3) is 0.355. The highest BCUT2D eigenvalue weighted by atomic mass is 35.5. The highest BCUT2D eigenvalue weighted by Gasteiger charge is 2.34. The van der Waals surface area contributed by atoms with Crippen LogP contribution < -0.4 is 14.4 Å². The molecule has 0 spiro atoms. The molecule has 0 heterocycles. The first-order valence-corrected chi connectivity index (χ1v) is 16.1. The van der Waals surface area contributed by atoms with Crippen LogP contribution in [0.3, 0.4) is 0 Å². The SMILES string of the molecule is CCOc1ccc(S(=O)(=O)N(CC(=O)N(Cc2c(Cl)cccc2Cl)C(C)C(=O)NC2CCCC2)c2ccccc2)cc1. The Morgan fingerprint density at radius 1 is 0.952 bits per heavy atom. The number of nitrogens with zero attached hydrogens (tertiary/aromatic N) is 2. The average molecular weight is 633 g/mol. The molecule has 1 fully saturated rings. The van der Waals surface area contributed by atoms with Gasteiger partial charge in [0.15, 0.2) is 0 Å². The minimum Gasteiger partial charge on any atom is -0.494 e. The van der Waals surface area contributed by atoms with E-state index in [0.29, 0.717) is 33.7 Å². The molecule has 1 aliphatic carbocycles. The van der Waals surface area contributed by atoms with E-state index in [4.69, 9.17) is 27.9 Å². The van der Waals surface area contributed by atoms with Gasteiger partial charge in [0.05, 0.1) is 17.2 Å². The average Bonchev–Trinajstić information content (AvgIpc) is 3.49. The molecule has 0 aliphatic heterocycles. The summed E-state index contributed by atoms with van der Waals surface area (Å²) >= 11 is 12.9. The molecule has 0 radical (unpaired) electrons. The van der Waals surface area contributed by atoms with Gasteiger partial charge < -0.3 is 15.0 Å². The molecule has 42 heavy (non-hydrogen) atoms. The zero-order valence-corrected chi connectivity index (χ0v) is 26.0. The van der Waals surface area contributed by atoms with Crippen LogP contribution in [0.5, 0.6) is 5.75 Å². The van der Waals surface area contributed by atoms with E-state index in [0.717, 1.165) is 30.0 Å². The van der Waals surface area contributed by atoms with Gasteiger partial charge in [0.2, 0.25) is 11.8 Å². The largest absolute Gasteiger partial charge is 0.494 e. The summed E-state index contributed by atoms with van der Waals surface area (Å²) in [5.74, 6) is -0.374. The van der Waals surface area contributed by atoms with Crippen molar-refractivity contribution in [1.29, 1.82) is 0 Å². The number of anilines is 1. The van der Waals surface area contributed by atoms with E-state index in [9.17, 15) is 18.0 Å². The molecule has 0 bridgehead atoms.